The largest absolute Gasteiger partial charge is 0.356 e. The highest BCUT2D eigenvalue weighted by Crippen LogP contribution is 2.36. The van der Waals surface area contributed by atoms with Gasteiger partial charge in [-0.1, -0.05) is 47.5 Å². The summed E-state index contributed by atoms with van der Waals surface area (Å²) < 4.78 is 13.7. The zero-order valence-electron chi connectivity index (χ0n) is 16.0. The molecule has 4 nitrogen and oxygen atoms in total. The van der Waals surface area contributed by atoms with Gasteiger partial charge in [0.2, 0.25) is 0 Å². The highest BCUT2D eigenvalue weighted by atomic mass is 35.5. The first-order chi connectivity index (χ1) is 14.8. The summed E-state index contributed by atoms with van der Waals surface area (Å²) in [5.74, 6) is 0. The summed E-state index contributed by atoms with van der Waals surface area (Å²) in [5.41, 5.74) is 4.59. The maximum Gasteiger partial charge on any atom is 0.356 e. The number of benzene rings is 4. The number of hydrogen-bond acceptors (Lipinski definition) is 1. The van der Waals surface area contributed by atoms with Crippen molar-refractivity contribution in [1.82, 2.24) is 4.57 Å². The van der Waals surface area contributed by atoms with E-state index in [1.165, 1.54) is 12.1 Å². The molecule has 0 unspecified atom stereocenters. The van der Waals surface area contributed by atoms with E-state index in [1.807, 2.05) is 66.7 Å². The van der Waals surface area contributed by atoms with Gasteiger partial charge in [-0.3, -0.25) is 4.57 Å². The molecule has 0 amide bonds. The molecular weight excluding hydrogens is 452 g/mol. The lowest BCUT2D eigenvalue weighted by atomic mass is 10.1. The molecule has 31 heavy (non-hydrogen) atoms. The molecule has 5 rings (SSSR count). The third-order valence-electron chi connectivity index (χ3n) is 5.33. The van der Waals surface area contributed by atoms with Gasteiger partial charge in [0.05, 0.1) is 16.3 Å². The van der Waals surface area contributed by atoms with Gasteiger partial charge in [-0.2, -0.15) is 0 Å². The quantitative estimate of drug-likeness (QED) is 0.295. The molecule has 0 atom stereocenters. The van der Waals surface area contributed by atoms with Gasteiger partial charge in [0, 0.05) is 26.5 Å². The lowest BCUT2D eigenvalue weighted by molar-refractivity contribution is 0.387. The van der Waals surface area contributed by atoms with Crippen molar-refractivity contribution in [2.45, 2.75) is 0 Å². The Morgan fingerprint density at radius 1 is 0.677 bits per heavy atom. The molecule has 0 aliphatic carbocycles. The second kappa shape index (κ2) is 7.52. The van der Waals surface area contributed by atoms with Crippen LogP contribution in [0.3, 0.4) is 0 Å². The normalized spacial score (nSPS) is 12.0. The van der Waals surface area contributed by atoms with Crippen molar-refractivity contribution in [3.05, 3.63) is 95.0 Å². The van der Waals surface area contributed by atoms with E-state index in [0.717, 1.165) is 38.6 Å². The van der Waals surface area contributed by atoms with E-state index >= 15 is 0 Å². The van der Waals surface area contributed by atoms with Gasteiger partial charge in [-0.15, -0.1) is 0 Å². The highest BCUT2D eigenvalue weighted by molar-refractivity contribution is 7.60. The van der Waals surface area contributed by atoms with Crippen LogP contribution in [-0.4, -0.2) is 14.4 Å². The second-order valence-corrected chi connectivity index (χ2v) is 9.78. The minimum atomic E-state index is -4.30. The van der Waals surface area contributed by atoms with Crippen molar-refractivity contribution >= 4 is 57.9 Å². The minimum Gasteiger partial charge on any atom is -0.321 e. The molecule has 2 N–H and O–H groups in total. The van der Waals surface area contributed by atoms with Gasteiger partial charge >= 0.3 is 7.60 Å². The molecule has 1 aromatic heterocycles. The summed E-state index contributed by atoms with van der Waals surface area (Å²) in [4.78, 5) is 18.9. The molecule has 0 saturated heterocycles. The smallest absolute Gasteiger partial charge is 0.321 e. The van der Waals surface area contributed by atoms with Crippen LogP contribution in [0.5, 0.6) is 0 Å². The van der Waals surface area contributed by atoms with Crippen LogP contribution in [0.2, 0.25) is 10.0 Å². The molecule has 4 aromatic carbocycles. The van der Waals surface area contributed by atoms with Crippen LogP contribution in [0, 0.1) is 0 Å². The van der Waals surface area contributed by atoms with E-state index in [-0.39, 0.29) is 5.30 Å². The number of nitrogens with zero attached hydrogens (tertiary/aromatic N) is 1. The molecule has 0 bridgehead atoms. The summed E-state index contributed by atoms with van der Waals surface area (Å²) in [6.45, 7) is 0. The first-order valence-corrected chi connectivity index (χ1v) is 11.8. The fourth-order valence-corrected chi connectivity index (χ4v) is 4.85. The maximum absolute atomic E-state index is 11.6. The lowest BCUT2D eigenvalue weighted by Crippen LogP contribution is -2.03. The summed E-state index contributed by atoms with van der Waals surface area (Å²) in [5, 5.41) is 3.36. The zero-order valence-corrected chi connectivity index (χ0v) is 18.4. The van der Waals surface area contributed by atoms with Crippen LogP contribution in [0.15, 0.2) is 84.9 Å². The standard InChI is InChI=1S/C24H16Cl2NO3P/c25-17-6-10-23-21(13-17)22-14-18(26)7-11-24(22)27(23)19-8-4-15(5-9-19)16-2-1-3-20(12-16)31(28,29)30/h1-14H,(H2,28,29,30). The molecule has 0 aliphatic heterocycles. The van der Waals surface area contributed by atoms with Crippen molar-refractivity contribution in [1.29, 1.82) is 0 Å². The Morgan fingerprint density at radius 2 is 1.26 bits per heavy atom. The molecular formula is C24H16Cl2NO3P. The summed E-state index contributed by atoms with van der Waals surface area (Å²) in [6, 6.07) is 25.9. The van der Waals surface area contributed by atoms with Gasteiger partial charge in [-0.05, 0) is 71.8 Å². The molecule has 0 aliphatic rings. The van der Waals surface area contributed by atoms with Gasteiger partial charge in [-0.25, -0.2) is 0 Å². The molecule has 1 heterocycles. The zero-order chi connectivity index (χ0) is 21.8. The van der Waals surface area contributed by atoms with Crippen LogP contribution in [0.25, 0.3) is 38.6 Å². The van der Waals surface area contributed by atoms with E-state index < -0.39 is 7.60 Å². The van der Waals surface area contributed by atoms with Crippen LogP contribution in [-0.2, 0) is 4.57 Å². The van der Waals surface area contributed by atoms with Crippen LogP contribution in [0.1, 0.15) is 0 Å². The predicted octanol–water partition coefficient (Wildman–Crippen LogP) is 6.56. The van der Waals surface area contributed by atoms with E-state index in [0.29, 0.717) is 10.0 Å². The summed E-state index contributed by atoms with van der Waals surface area (Å²) in [7, 11) is -4.30. The third-order valence-corrected chi connectivity index (χ3v) is 6.75. The first-order valence-electron chi connectivity index (χ1n) is 9.47. The van der Waals surface area contributed by atoms with Gasteiger partial charge < -0.3 is 14.4 Å². The Morgan fingerprint density at radius 3 is 1.81 bits per heavy atom. The number of rotatable bonds is 3. The Kier molecular flexibility index (Phi) is 4.93. The molecule has 0 saturated carbocycles. The van der Waals surface area contributed by atoms with Crippen molar-refractivity contribution in [2.75, 3.05) is 0 Å². The fraction of sp³-hybridized carbons (Fsp3) is 0. The monoisotopic (exact) mass is 467 g/mol. The van der Waals surface area contributed by atoms with E-state index in [1.54, 1.807) is 6.07 Å². The fourth-order valence-electron chi connectivity index (χ4n) is 3.92. The van der Waals surface area contributed by atoms with Gasteiger partial charge in [0.1, 0.15) is 0 Å². The minimum absolute atomic E-state index is 0.00484. The van der Waals surface area contributed by atoms with Crippen LogP contribution in [0.4, 0.5) is 0 Å². The number of fused-ring (bicyclic) bond motifs is 3. The predicted molar refractivity (Wildman–Crippen MR) is 128 cm³/mol. The average Bonchev–Trinajstić information content (AvgIpc) is 3.06. The van der Waals surface area contributed by atoms with Crippen molar-refractivity contribution < 1.29 is 14.4 Å². The number of halogens is 2. The molecule has 0 fully saturated rings. The van der Waals surface area contributed by atoms with Gasteiger partial charge in [0.15, 0.2) is 0 Å². The lowest BCUT2D eigenvalue weighted by Gasteiger charge is -2.10. The van der Waals surface area contributed by atoms with Crippen molar-refractivity contribution in [3.63, 3.8) is 0 Å². The third kappa shape index (κ3) is 3.67. The van der Waals surface area contributed by atoms with Gasteiger partial charge in [0.25, 0.3) is 0 Å². The Bertz CT molecular complexity index is 1440. The topological polar surface area (TPSA) is 62.5 Å². The highest BCUT2D eigenvalue weighted by Gasteiger charge is 2.17. The average molecular weight is 468 g/mol. The molecule has 0 radical (unpaired) electrons. The molecule has 7 heteroatoms. The van der Waals surface area contributed by atoms with E-state index in [4.69, 9.17) is 23.2 Å². The SMILES string of the molecule is O=P(O)(O)c1cccc(-c2ccc(-n3c4ccc(Cl)cc4c4cc(Cl)ccc43)cc2)c1. The summed E-state index contributed by atoms with van der Waals surface area (Å²) >= 11 is 12.5. The van der Waals surface area contributed by atoms with E-state index in [9.17, 15) is 14.4 Å². The summed E-state index contributed by atoms with van der Waals surface area (Å²) in [6.07, 6.45) is 0. The Balaban J connectivity index is 1.66. The molecule has 154 valence electrons. The van der Waals surface area contributed by atoms with Crippen molar-refractivity contribution in [3.8, 4) is 16.8 Å². The molecule has 5 aromatic rings. The Hall–Kier alpha value is -2.59. The number of aromatic nitrogens is 1. The maximum atomic E-state index is 11.6. The van der Waals surface area contributed by atoms with Crippen LogP contribution < -0.4 is 5.30 Å². The second-order valence-electron chi connectivity index (χ2n) is 7.30. The van der Waals surface area contributed by atoms with E-state index in [2.05, 4.69) is 4.57 Å². The Labute approximate surface area is 188 Å². The number of hydrogen-bond donors (Lipinski definition) is 2. The molecule has 0 spiro atoms. The first kappa shape index (κ1) is 20.3. The van der Waals surface area contributed by atoms with Crippen LogP contribution >= 0.6 is 30.8 Å². The van der Waals surface area contributed by atoms with Crippen molar-refractivity contribution in [2.24, 2.45) is 0 Å².